The van der Waals surface area contributed by atoms with E-state index >= 15 is 0 Å². The van der Waals surface area contributed by atoms with E-state index in [1.54, 1.807) is 18.2 Å². The van der Waals surface area contributed by atoms with Crippen molar-refractivity contribution in [2.45, 2.75) is 52.4 Å². The Bertz CT molecular complexity index is 1830. The molecule has 0 aliphatic heterocycles. The van der Waals surface area contributed by atoms with Gasteiger partial charge in [-0.1, -0.05) is 74.6 Å². The van der Waals surface area contributed by atoms with Crippen molar-refractivity contribution < 1.29 is 39.6 Å². The Morgan fingerprint density at radius 1 is 0.568 bits per heavy atom. The molecule has 0 amide bonds. The molecule has 44 heavy (non-hydrogen) atoms. The van der Waals surface area contributed by atoms with E-state index in [1.807, 2.05) is 0 Å². The van der Waals surface area contributed by atoms with E-state index in [0.29, 0.717) is 39.1 Å². The van der Waals surface area contributed by atoms with E-state index < -0.39 is 23.9 Å². The third-order valence-corrected chi connectivity index (χ3v) is 6.76. The van der Waals surface area contributed by atoms with Crippen LogP contribution in [0, 0.1) is 23.7 Å². The summed E-state index contributed by atoms with van der Waals surface area (Å²) in [6.45, 7) is 4.14. The van der Waals surface area contributed by atoms with Crippen LogP contribution in [0.3, 0.4) is 0 Å². The second-order valence-electron chi connectivity index (χ2n) is 9.84. The molecule has 4 aromatic rings. The lowest BCUT2D eigenvalue weighted by molar-refractivity contribution is 0.0685. The van der Waals surface area contributed by atoms with Crippen molar-refractivity contribution in [2.24, 2.45) is 0 Å². The summed E-state index contributed by atoms with van der Waals surface area (Å²) in [5, 5.41) is 39.0. The first-order valence-electron chi connectivity index (χ1n) is 14.1. The fourth-order valence-electron chi connectivity index (χ4n) is 4.47. The van der Waals surface area contributed by atoms with Crippen LogP contribution in [0.2, 0.25) is 0 Å². The largest absolute Gasteiger partial charge is 0.478 e. The highest BCUT2D eigenvalue weighted by molar-refractivity contribution is 6.09. The fraction of sp³-hybridized carbons (Fsp3) is 0.222. The summed E-state index contributed by atoms with van der Waals surface area (Å²) in [7, 11) is 0. The number of aromatic carboxylic acids is 4. The molecule has 0 spiro atoms. The topological polar surface area (TPSA) is 149 Å². The summed E-state index contributed by atoms with van der Waals surface area (Å²) in [5.74, 6) is 7.76. The van der Waals surface area contributed by atoms with Gasteiger partial charge in [-0.05, 0) is 70.8 Å². The maximum absolute atomic E-state index is 11.4. The molecule has 0 saturated carbocycles. The van der Waals surface area contributed by atoms with Gasteiger partial charge in [0.15, 0.2) is 0 Å². The highest BCUT2D eigenvalue weighted by atomic mass is 16.4. The van der Waals surface area contributed by atoms with Gasteiger partial charge in [0, 0.05) is 24.0 Å². The smallest absolute Gasteiger partial charge is 0.336 e. The van der Waals surface area contributed by atoms with Crippen LogP contribution >= 0.6 is 0 Å². The van der Waals surface area contributed by atoms with Gasteiger partial charge in [0.25, 0.3) is 0 Å². The number of benzene rings is 4. The highest BCUT2D eigenvalue weighted by Crippen LogP contribution is 2.26. The van der Waals surface area contributed by atoms with Crippen LogP contribution in [0.5, 0.6) is 0 Å². The second kappa shape index (κ2) is 15.6. The van der Waals surface area contributed by atoms with Gasteiger partial charge in [-0.25, -0.2) is 19.2 Å². The van der Waals surface area contributed by atoms with Gasteiger partial charge >= 0.3 is 23.9 Å². The Kier molecular flexibility index (Phi) is 11.7. The summed E-state index contributed by atoms with van der Waals surface area (Å²) >= 11 is 0. The highest BCUT2D eigenvalue weighted by Gasteiger charge is 2.16. The zero-order chi connectivity index (χ0) is 32.2. The first-order chi connectivity index (χ1) is 21.1. The Balaban J connectivity index is 0.000000240. The maximum Gasteiger partial charge on any atom is 0.336 e. The number of rotatable bonds is 8. The third kappa shape index (κ3) is 8.02. The zero-order valence-corrected chi connectivity index (χ0v) is 24.4. The van der Waals surface area contributed by atoms with Crippen LogP contribution in [0.15, 0.2) is 60.7 Å². The van der Waals surface area contributed by atoms with Crippen molar-refractivity contribution in [1.29, 1.82) is 0 Å². The normalized spacial score (nSPS) is 10.0. The first-order valence-corrected chi connectivity index (χ1v) is 14.1. The summed E-state index contributed by atoms with van der Waals surface area (Å²) in [6.07, 6.45) is 5.45. The predicted octanol–water partition coefficient (Wildman–Crippen LogP) is 7.56. The van der Waals surface area contributed by atoms with Crippen LogP contribution in [0.1, 0.15) is 105 Å². The number of unbranched alkanes of at least 4 members (excludes halogenated alkanes) is 4. The number of fused-ring (bicyclic) bond motifs is 2. The van der Waals surface area contributed by atoms with Gasteiger partial charge in [-0.15, -0.1) is 0 Å². The Hall–Kier alpha value is -5.60. The van der Waals surface area contributed by atoms with Crippen LogP contribution in [-0.4, -0.2) is 44.3 Å². The summed E-state index contributed by atoms with van der Waals surface area (Å²) in [5.41, 5.74) is 1.53. The minimum atomic E-state index is -1.07. The first kappa shape index (κ1) is 32.9. The maximum atomic E-state index is 11.4. The second-order valence-corrected chi connectivity index (χ2v) is 9.84. The van der Waals surface area contributed by atoms with E-state index in [0.717, 1.165) is 32.1 Å². The number of carboxylic acids is 4. The molecule has 0 aromatic heterocycles. The molecule has 0 aliphatic rings. The molecule has 0 aliphatic carbocycles. The van der Waals surface area contributed by atoms with Crippen molar-refractivity contribution >= 4 is 45.4 Å². The van der Waals surface area contributed by atoms with Gasteiger partial charge in [0.1, 0.15) is 0 Å². The van der Waals surface area contributed by atoms with Crippen molar-refractivity contribution in [3.63, 3.8) is 0 Å². The molecule has 4 aromatic carbocycles. The molecule has 4 rings (SSSR count). The van der Waals surface area contributed by atoms with Gasteiger partial charge in [0.2, 0.25) is 0 Å². The number of carbonyl (C=O) groups is 4. The van der Waals surface area contributed by atoms with E-state index in [9.17, 15) is 34.5 Å². The van der Waals surface area contributed by atoms with E-state index in [1.165, 1.54) is 42.5 Å². The van der Waals surface area contributed by atoms with Crippen LogP contribution in [-0.2, 0) is 0 Å². The lowest BCUT2D eigenvalue weighted by atomic mass is 9.96. The molecule has 0 saturated heterocycles. The molecule has 0 unspecified atom stereocenters. The zero-order valence-electron chi connectivity index (χ0n) is 24.4. The average molecular weight is 593 g/mol. The molecule has 0 radical (unpaired) electrons. The third-order valence-electron chi connectivity index (χ3n) is 6.76. The standard InChI is InChI=1S/2C18H16O4/c1-2-3-4-5-7-13-12-8-6-9-15(17(19)20)14(12)10-11-16(13)18(21)22;1-2-3-4-5-6-12-7-10-15(18(21)22)14-9-8-13(17(19)20)11-16(12)14/h6,8-11H,2-4H2,1H3,(H,19,20)(H,21,22);7-11H,2-4H2,1H3,(H,19,20)(H,21,22). The fourth-order valence-corrected chi connectivity index (χ4v) is 4.47. The Morgan fingerprint density at radius 3 is 1.70 bits per heavy atom. The molecular weight excluding hydrogens is 560 g/mol. The van der Waals surface area contributed by atoms with E-state index in [2.05, 4.69) is 37.5 Å². The average Bonchev–Trinajstić information content (AvgIpc) is 3.00. The molecule has 8 heteroatoms. The molecule has 8 nitrogen and oxygen atoms in total. The monoisotopic (exact) mass is 592 g/mol. The Labute approximate surface area is 255 Å². The molecule has 4 N–H and O–H groups in total. The van der Waals surface area contributed by atoms with Crippen LogP contribution in [0.25, 0.3) is 21.5 Å². The van der Waals surface area contributed by atoms with E-state index in [4.69, 9.17) is 5.11 Å². The van der Waals surface area contributed by atoms with E-state index in [-0.39, 0.29) is 22.3 Å². The summed E-state index contributed by atoms with van der Waals surface area (Å²) < 4.78 is 0. The van der Waals surface area contributed by atoms with Crippen molar-refractivity contribution in [2.75, 3.05) is 0 Å². The van der Waals surface area contributed by atoms with Crippen molar-refractivity contribution in [1.82, 2.24) is 0 Å². The predicted molar refractivity (Wildman–Crippen MR) is 169 cm³/mol. The number of hydrogen-bond donors (Lipinski definition) is 4. The van der Waals surface area contributed by atoms with Crippen LogP contribution in [0.4, 0.5) is 0 Å². The molecule has 224 valence electrons. The number of carboxylic acid groups (broad SMARTS) is 4. The molecular formula is C36H32O8. The molecule has 0 heterocycles. The minimum absolute atomic E-state index is 0.0963. The molecule has 0 bridgehead atoms. The molecule has 0 fully saturated rings. The lowest BCUT2D eigenvalue weighted by Crippen LogP contribution is -2.03. The van der Waals surface area contributed by atoms with Gasteiger partial charge in [-0.3, -0.25) is 0 Å². The lowest BCUT2D eigenvalue weighted by Gasteiger charge is -2.07. The Morgan fingerprint density at radius 2 is 1.11 bits per heavy atom. The SMILES string of the molecule is CCCCC#Cc1c(C(=O)O)ccc2c(C(=O)O)cccc12.CCCCC#Cc1ccc(C(=O)O)c2ccc(C(=O)O)cc12. The summed E-state index contributed by atoms with van der Waals surface area (Å²) in [4.78, 5) is 45.1. The molecule has 0 atom stereocenters. The van der Waals surface area contributed by atoms with Gasteiger partial charge in [-0.2, -0.15) is 0 Å². The van der Waals surface area contributed by atoms with Gasteiger partial charge < -0.3 is 20.4 Å². The van der Waals surface area contributed by atoms with Crippen molar-refractivity contribution in [3.8, 4) is 23.7 Å². The van der Waals surface area contributed by atoms with Crippen LogP contribution < -0.4 is 0 Å². The quantitative estimate of drug-likeness (QED) is 0.121. The van der Waals surface area contributed by atoms with Gasteiger partial charge in [0.05, 0.1) is 22.3 Å². The summed E-state index contributed by atoms with van der Waals surface area (Å²) in [6, 6.07) is 15.3. The number of hydrogen-bond acceptors (Lipinski definition) is 4. The minimum Gasteiger partial charge on any atom is -0.478 e. The van der Waals surface area contributed by atoms with Crippen molar-refractivity contribution in [3.05, 3.63) is 94.0 Å².